The number of hydrogen-bond acceptors (Lipinski definition) is 3. The molecular formula is C22H34FN3O. The van der Waals surface area contributed by atoms with Crippen LogP contribution in [0.15, 0.2) is 24.3 Å². The summed E-state index contributed by atoms with van der Waals surface area (Å²) < 4.78 is 13.3. The third kappa shape index (κ3) is 6.01. The fourth-order valence-corrected chi connectivity index (χ4v) is 4.59. The summed E-state index contributed by atoms with van der Waals surface area (Å²) in [5.41, 5.74) is 1.02. The molecule has 5 heteroatoms. The number of nitrogens with one attached hydrogen (secondary N) is 2. The SMILES string of the molecule is CC(C)NC1CCN(CC(=O)NC(c2ccc(F)cc2)C2CCCC2)CC1. The third-order valence-corrected chi connectivity index (χ3v) is 5.94. The van der Waals surface area contributed by atoms with Crippen LogP contribution in [0, 0.1) is 11.7 Å². The number of halogens is 1. The molecule has 0 spiro atoms. The standard InChI is InChI=1S/C22H34FN3O/c1-16(2)24-20-11-13-26(14-12-20)15-21(27)25-22(17-5-3-4-6-17)18-7-9-19(23)10-8-18/h7-10,16-17,20,22,24H,3-6,11-15H2,1-2H3,(H,25,27). The number of carbonyl (C=O) groups excluding carboxylic acids is 1. The molecule has 1 unspecified atom stereocenters. The molecule has 0 radical (unpaired) electrons. The number of benzene rings is 1. The molecule has 4 nitrogen and oxygen atoms in total. The number of carbonyl (C=O) groups is 1. The fraction of sp³-hybridized carbons (Fsp3) is 0.682. The number of hydrogen-bond donors (Lipinski definition) is 2. The van der Waals surface area contributed by atoms with Crippen molar-refractivity contribution in [2.45, 2.75) is 70.5 Å². The first-order chi connectivity index (χ1) is 13.0. The normalized spacial score (nSPS) is 20.9. The first-order valence-electron chi connectivity index (χ1n) is 10.5. The van der Waals surface area contributed by atoms with Gasteiger partial charge in [0.05, 0.1) is 12.6 Å². The minimum absolute atomic E-state index is 0.000691. The molecule has 27 heavy (non-hydrogen) atoms. The molecule has 1 saturated carbocycles. The predicted octanol–water partition coefficient (Wildman–Crippen LogP) is 3.64. The predicted molar refractivity (Wildman–Crippen MR) is 107 cm³/mol. The second-order valence-electron chi connectivity index (χ2n) is 8.51. The molecule has 2 N–H and O–H groups in total. The Balaban J connectivity index is 1.54. The average Bonchev–Trinajstić information content (AvgIpc) is 3.16. The van der Waals surface area contributed by atoms with Crippen molar-refractivity contribution in [3.05, 3.63) is 35.6 Å². The van der Waals surface area contributed by atoms with Gasteiger partial charge in [-0.15, -0.1) is 0 Å². The van der Waals surface area contributed by atoms with E-state index in [1.807, 2.05) is 12.1 Å². The summed E-state index contributed by atoms with van der Waals surface area (Å²) >= 11 is 0. The highest BCUT2D eigenvalue weighted by molar-refractivity contribution is 5.78. The highest BCUT2D eigenvalue weighted by atomic mass is 19.1. The van der Waals surface area contributed by atoms with Crippen molar-refractivity contribution in [1.29, 1.82) is 0 Å². The lowest BCUT2D eigenvalue weighted by Gasteiger charge is -2.33. The maximum atomic E-state index is 13.3. The van der Waals surface area contributed by atoms with Gasteiger partial charge in [-0.2, -0.15) is 0 Å². The minimum Gasteiger partial charge on any atom is -0.348 e. The summed E-state index contributed by atoms with van der Waals surface area (Å²) in [6, 6.07) is 7.71. The van der Waals surface area contributed by atoms with Crippen molar-refractivity contribution in [1.82, 2.24) is 15.5 Å². The van der Waals surface area contributed by atoms with Gasteiger partial charge < -0.3 is 10.6 Å². The zero-order chi connectivity index (χ0) is 19.2. The van der Waals surface area contributed by atoms with E-state index >= 15 is 0 Å². The number of piperidine rings is 1. The van der Waals surface area contributed by atoms with Crippen molar-refractivity contribution in [3.63, 3.8) is 0 Å². The molecule has 1 saturated heterocycles. The Morgan fingerprint density at radius 1 is 1.11 bits per heavy atom. The van der Waals surface area contributed by atoms with E-state index in [9.17, 15) is 9.18 Å². The number of nitrogens with zero attached hydrogens (tertiary/aromatic N) is 1. The zero-order valence-corrected chi connectivity index (χ0v) is 16.7. The first-order valence-corrected chi connectivity index (χ1v) is 10.5. The fourth-order valence-electron chi connectivity index (χ4n) is 4.59. The van der Waals surface area contributed by atoms with Crippen molar-refractivity contribution in [2.24, 2.45) is 5.92 Å². The van der Waals surface area contributed by atoms with Crippen LogP contribution in [0.4, 0.5) is 4.39 Å². The van der Waals surface area contributed by atoms with Gasteiger partial charge in [-0.25, -0.2) is 4.39 Å². The van der Waals surface area contributed by atoms with Gasteiger partial charge in [0, 0.05) is 25.2 Å². The van der Waals surface area contributed by atoms with Crippen LogP contribution in [0.1, 0.15) is 64.0 Å². The van der Waals surface area contributed by atoms with Crippen LogP contribution in [-0.2, 0) is 4.79 Å². The largest absolute Gasteiger partial charge is 0.348 e. The molecule has 1 amide bonds. The smallest absolute Gasteiger partial charge is 0.234 e. The topological polar surface area (TPSA) is 44.4 Å². The van der Waals surface area contributed by atoms with Crippen molar-refractivity contribution >= 4 is 5.91 Å². The van der Waals surface area contributed by atoms with Gasteiger partial charge in [-0.05, 0) is 49.3 Å². The van der Waals surface area contributed by atoms with Gasteiger partial charge in [0.15, 0.2) is 0 Å². The van der Waals surface area contributed by atoms with Crippen molar-refractivity contribution in [2.75, 3.05) is 19.6 Å². The Hall–Kier alpha value is -1.46. The molecule has 0 aromatic heterocycles. The van der Waals surface area contributed by atoms with Gasteiger partial charge in [0.25, 0.3) is 0 Å². The maximum absolute atomic E-state index is 13.3. The van der Waals surface area contributed by atoms with E-state index in [-0.39, 0.29) is 17.8 Å². The van der Waals surface area contributed by atoms with Gasteiger partial charge >= 0.3 is 0 Å². The van der Waals surface area contributed by atoms with Gasteiger partial charge in [0.1, 0.15) is 5.82 Å². The average molecular weight is 376 g/mol. The molecule has 1 aliphatic carbocycles. The lowest BCUT2D eigenvalue weighted by Crippen LogP contribution is -2.48. The second-order valence-corrected chi connectivity index (χ2v) is 8.51. The third-order valence-electron chi connectivity index (χ3n) is 5.94. The van der Waals surface area contributed by atoms with Crippen LogP contribution in [-0.4, -0.2) is 42.5 Å². The molecule has 1 aliphatic heterocycles. The number of amides is 1. The van der Waals surface area contributed by atoms with Gasteiger partial charge in [-0.1, -0.05) is 38.8 Å². The zero-order valence-electron chi connectivity index (χ0n) is 16.7. The van der Waals surface area contributed by atoms with E-state index in [4.69, 9.17) is 0 Å². The molecule has 150 valence electrons. The molecule has 0 bridgehead atoms. The molecule has 1 aromatic rings. The molecule has 3 rings (SSSR count). The number of rotatable bonds is 7. The lowest BCUT2D eigenvalue weighted by atomic mass is 9.91. The molecule has 1 heterocycles. The Morgan fingerprint density at radius 3 is 2.33 bits per heavy atom. The van der Waals surface area contributed by atoms with Gasteiger partial charge in [-0.3, -0.25) is 9.69 Å². The van der Waals surface area contributed by atoms with Crippen LogP contribution in [0.3, 0.4) is 0 Å². The second kappa shape index (κ2) is 9.65. The van der Waals surface area contributed by atoms with Crippen LogP contribution in [0.2, 0.25) is 0 Å². The summed E-state index contributed by atoms with van der Waals surface area (Å²) in [6.45, 7) is 6.74. The molecule has 2 aliphatic rings. The summed E-state index contributed by atoms with van der Waals surface area (Å²) in [5, 5.41) is 6.86. The summed E-state index contributed by atoms with van der Waals surface area (Å²) in [7, 11) is 0. The van der Waals surface area contributed by atoms with Crippen LogP contribution in [0.5, 0.6) is 0 Å². The van der Waals surface area contributed by atoms with E-state index in [2.05, 4.69) is 29.4 Å². The van der Waals surface area contributed by atoms with E-state index < -0.39 is 0 Å². The highest BCUT2D eigenvalue weighted by Crippen LogP contribution is 2.35. The van der Waals surface area contributed by atoms with Crippen LogP contribution < -0.4 is 10.6 Å². The van der Waals surface area contributed by atoms with Crippen molar-refractivity contribution in [3.8, 4) is 0 Å². The molecule has 1 aromatic carbocycles. The van der Waals surface area contributed by atoms with Gasteiger partial charge in [0.2, 0.25) is 5.91 Å². The monoisotopic (exact) mass is 375 g/mol. The number of likely N-dealkylation sites (tertiary alicyclic amines) is 1. The quantitative estimate of drug-likeness (QED) is 0.765. The summed E-state index contributed by atoms with van der Waals surface area (Å²) in [5.74, 6) is 0.319. The Morgan fingerprint density at radius 2 is 1.74 bits per heavy atom. The molecule has 2 fully saturated rings. The maximum Gasteiger partial charge on any atom is 0.234 e. The van der Waals surface area contributed by atoms with E-state index in [0.717, 1.165) is 44.3 Å². The Bertz CT molecular complexity index is 590. The van der Waals surface area contributed by atoms with Crippen molar-refractivity contribution < 1.29 is 9.18 Å². The molecule has 1 atom stereocenters. The summed E-state index contributed by atoms with van der Waals surface area (Å²) in [6.07, 6.45) is 6.89. The minimum atomic E-state index is -0.229. The summed E-state index contributed by atoms with van der Waals surface area (Å²) in [4.78, 5) is 15.0. The highest BCUT2D eigenvalue weighted by Gasteiger charge is 2.29. The molecular weight excluding hydrogens is 341 g/mol. The van der Waals surface area contributed by atoms with E-state index in [1.165, 1.54) is 25.0 Å². The van der Waals surface area contributed by atoms with E-state index in [0.29, 0.717) is 24.5 Å². The van der Waals surface area contributed by atoms with E-state index in [1.54, 1.807) is 0 Å². The first kappa shape index (κ1) is 20.3. The Kier molecular flexibility index (Phi) is 7.25. The lowest BCUT2D eigenvalue weighted by molar-refractivity contribution is -0.123. The van der Waals surface area contributed by atoms with Crippen LogP contribution in [0.25, 0.3) is 0 Å². The Labute approximate surface area is 162 Å². The van der Waals surface area contributed by atoms with Crippen LogP contribution >= 0.6 is 0 Å².